The zero-order valence-electron chi connectivity index (χ0n) is 11.2. The molecule has 0 spiro atoms. The fourth-order valence-electron chi connectivity index (χ4n) is 2.51. The monoisotopic (exact) mass is 221 g/mol. The highest BCUT2D eigenvalue weighted by Gasteiger charge is 2.18. The largest absolute Gasteiger partial charge is 0.317 e. The van der Waals surface area contributed by atoms with Crippen LogP contribution in [0.4, 0.5) is 0 Å². The molecule has 1 aromatic heterocycles. The van der Waals surface area contributed by atoms with Crippen LogP contribution in [0.25, 0.3) is 0 Å². The second-order valence-electron chi connectivity index (χ2n) is 5.80. The first kappa shape index (κ1) is 11.5. The highest BCUT2D eigenvalue weighted by atomic mass is 15.2. The van der Waals surface area contributed by atoms with Gasteiger partial charge in [-0.05, 0) is 46.5 Å². The molecule has 90 valence electrons. The minimum Gasteiger partial charge on any atom is -0.317 e. The van der Waals surface area contributed by atoms with Crippen LogP contribution in [0.5, 0.6) is 0 Å². The Morgan fingerprint density at radius 3 is 1.75 bits per heavy atom. The van der Waals surface area contributed by atoms with Crippen molar-refractivity contribution in [2.75, 3.05) is 0 Å². The molecule has 0 N–H and O–H groups in total. The molecule has 3 heteroatoms. The van der Waals surface area contributed by atoms with Crippen molar-refractivity contribution in [3.8, 4) is 0 Å². The van der Waals surface area contributed by atoms with Crippen molar-refractivity contribution >= 4 is 0 Å². The Labute approximate surface area is 97.8 Å². The van der Waals surface area contributed by atoms with Crippen molar-refractivity contribution in [2.45, 2.75) is 52.0 Å². The van der Waals surface area contributed by atoms with E-state index in [0.29, 0.717) is 0 Å². The molecule has 1 aliphatic carbocycles. The van der Waals surface area contributed by atoms with Gasteiger partial charge in [0.25, 0.3) is 0 Å². The molecule has 0 saturated carbocycles. The number of aromatic nitrogens is 2. The van der Waals surface area contributed by atoms with Gasteiger partial charge in [0.2, 0.25) is 5.62 Å². The van der Waals surface area contributed by atoms with Crippen LogP contribution in [0.15, 0.2) is 4.99 Å². The second kappa shape index (κ2) is 3.79. The van der Waals surface area contributed by atoms with Gasteiger partial charge in [-0.1, -0.05) is 0 Å². The lowest BCUT2D eigenvalue weighted by Gasteiger charge is -2.12. The summed E-state index contributed by atoms with van der Waals surface area (Å²) in [4.78, 5) is 4.82. The Balaban J connectivity index is 2.64. The molecule has 0 unspecified atom stereocenters. The minimum atomic E-state index is -0.00747. The van der Waals surface area contributed by atoms with Gasteiger partial charge in [-0.2, -0.15) is 0 Å². The van der Waals surface area contributed by atoms with Crippen LogP contribution in [0.2, 0.25) is 0 Å². The summed E-state index contributed by atoms with van der Waals surface area (Å²) in [5.74, 6) is 0. The van der Waals surface area contributed by atoms with Crippen LogP contribution in [0, 0.1) is 0 Å². The topological polar surface area (TPSA) is 22.2 Å². The van der Waals surface area contributed by atoms with Gasteiger partial charge in [0.1, 0.15) is 0 Å². The van der Waals surface area contributed by atoms with Crippen LogP contribution >= 0.6 is 0 Å². The van der Waals surface area contributed by atoms with Gasteiger partial charge in [0, 0.05) is 25.5 Å². The molecule has 0 aliphatic heterocycles. The molecule has 0 radical (unpaired) electrons. The lowest BCUT2D eigenvalue weighted by atomic mass is 10.0. The summed E-state index contributed by atoms with van der Waals surface area (Å²) < 4.78 is 4.56. The second-order valence-corrected chi connectivity index (χ2v) is 5.80. The predicted molar refractivity (Wildman–Crippen MR) is 66.3 cm³/mol. The van der Waals surface area contributed by atoms with Crippen LogP contribution in [-0.4, -0.2) is 14.7 Å². The quantitative estimate of drug-likeness (QED) is 0.639. The Morgan fingerprint density at radius 1 is 0.938 bits per heavy atom. The van der Waals surface area contributed by atoms with Gasteiger partial charge in [0.15, 0.2) is 0 Å². The number of hydrogen-bond acceptors (Lipinski definition) is 1. The third kappa shape index (κ3) is 1.95. The van der Waals surface area contributed by atoms with E-state index in [1.54, 1.807) is 0 Å². The molecule has 0 amide bonds. The van der Waals surface area contributed by atoms with E-state index in [2.05, 4.69) is 44.0 Å². The van der Waals surface area contributed by atoms with Gasteiger partial charge >= 0.3 is 0 Å². The van der Waals surface area contributed by atoms with E-state index >= 15 is 0 Å². The maximum absolute atomic E-state index is 4.82. The normalized spacial score (nSPS) is 16.1. The van der Waals surface area contributed by atoms with Gasteiger partial charge in [-0.15, -0.1) is 0 Å². The molecule has 16 heavy (non-hydrogen) atoms. The molecule has 1 aliphatic rings. The van der Waals surface area contributed by atoms with Crippen molar-refractivity contribution in [1.29, 1.82) is 0 Å². The molecule has 3 nitrogen and oxygen atoms in total. The van der Waals surface area contributed by atoms with Crippen molar-refractivity contribution in [3.05, 3.63) is 17.0 Å². The molecule has 0 bridgehead atoms. The summed E-state index contributed by atoms with van der Waals surface area (Å²) in [7, 11) is 4.30. The molecule has 1 heterocycles. The van der Waals surface area contributed by atoms with Crippen molar-refractivity contribution in [1.82, 2.24) is 9.13 Å². The Bertz CT molecular complexity index is 422. The van der Waals surface area contributed by atoms with E-state index in [4.69, 9.17) is 4.99 Å². The molecule has 0 saturated heterocycles. The smallest absolute Gasteiger partial charge is 0.205 e. The number of rotatable bonds is 0. The molecule has 0 atom stereocenters. The number of nitrogens with zero attached hydrogens (tertiary/aromatic N) is 3. The molecule has 0 fully saturated rings. The lowest BCUT2D eigenvalue weighted by molar-refractivity contribution is 0.532. The number of hydrogen-bond donors (Lipinski definition) is 0. The highest BCUT2D eigenvalue weighted by Crippen LogP contribution is 2.19. The summed E-state index contributed by atoms with van der Waals surface area (Å²) >= 11 is 0. The molecule has 1 aromatic rings. The van der Waals surface area contributed by atoms with Crippen molar-refractivity contribution in [2.24, 2.45) is 19.1 Å². The lowest BCUT2D eigenvalue weighted by Crippen LogP contribution is -2.28. The van der Waals surface area contributed by atoms with Crippen LogP contribution in [0.1, 0.15) is 45.0 Å². The molecule has 0 aromatic carbocycles. The van der Waals surface area contributed by atoms with Crippen LogP contribution < -0.4 is 5.62 Å². The Kier molecular flexibility index (Phi) is 2.72. The highest BCUT2D eigenvalue weighted by molar-refractivity contribution is 5.17. The molecular formula is C13H23N3. The van der Waals surface area contributed by atoms with Crippen molar-refractivity contribution < 1.29 is 0 Å². The van der Waals surface area contributed by atoms with Gasteiger partial charge < -0.3 is 9.13 Å². The molecular weight excluding hydrogens is 198 g/mol. The maximum Gasteiger partial charge on any atom is 0.205 e. The predicted octanol–water partition coefficient (Wildman–Crippen LogP) is 1.94. The Hall–Kier alpha value is -0.990. The zero-order chi connectivity index (χ0) is 11.9. The zero-order valence-corrected chi connectivity index (χ0v) is 11.2. The van der Waals surface area contributed by atoms with Gasteiger partial charge in [0.05, 0.1) is 5.54 Å². The molecule has 2 rings (SSSR count). The third-order valence-corrected chi connectivity index (χ3v) is 3.26. The standard InChI is InChI=1S/C13H23N3/c1-13(2,3)14-12-15(4)10-8-6-7-9-11(10)16(12)5/h6-9H2,1-5H3. The minimum absolute atomic E-state index is 0.00747. The first-order valence-corrected chi connectivity index (χ1v) is 6.19. The summed E-state index contributed by atoms with van der Waals surface area (Å²) in [6.45, 7) is 6.46. The Morgan fingerprint density at radius 2 is 1.38 bits per heavy atom. The van der Waals surface area contributed by atoms with Gasteiger partial charge in [-0.25, -0.2) is 4.99 Å². The maximum atomic E-state index is 4.82. The average molecular weight is 221 g/mol. The summed E-state index contributed by atoms with van der Waals surface area (Å²) in [5, 5.41) is 0. The van der Waals surface area contributed by atoms with E-state index in [9.17, 15) is 0 Å². The summed E-state index contributed by atoms with van der Waals surface area (Å²) in [6, 6.07) is 0. The fourth-order valence-corrected chi connectivity index (χ4v) is 2.51. The van der Waals surface area contributed by atoms with Crippen molar-refractivity contribution in [3.63, 3.8) is 0 Å². The van der Waals surface area contributed by atoms with E-state index in [1.165, 1.54) is 37.1 Å². The first-order valence-electron chi connectivity index (χ1n) is 6.19. The fraction of sp³-hybridized carbons (Fsp3) is 0.769. The van der Waals surface area contributed by atoms with E-state index < -0.39 is 0 Å². The first-order chi connectivity index (χ1) is 7.40. The average Bonchev–Trinajstić information content (AvgIpc) is 2.43. The number of imidazole rings is 1. The van der Waals surface area contributed by atoms with E-state index in [1.807, 2.05) is 0 Å². The SMILES string of the molecule is Cn1c2c(n(C)c1=NC(C)(C)C)CCCC2. The van der Waals surface area contributed by atoms with Gasteiger partial charge in [-0.3, -0.25) is 0 Å². The summed E-state index contributed by atoms with van der Waals surface area (Å²) in [6.07, 6.45) is 5.05. The number of fused-ring (bicyclic) bond motifs is 1. The van der Waals surface area contributed by atoms with Crippen LogP contribution in [0.3, 0.4) is 0 Å². The van der Waals surface area contributed by atoms with E-state index in [-0.39, 0.29) is 5.54 Å². The summed E-state index contributed by atoms with van der Waals surface area (Å²) in [5.41, 5.74) is 4.07. The van der Waals surface area contributed by atoms with E-state index in [0.717, 1.165) is 5.62 Å². The van der Waals surface area contributed by atoms with Crippen LogP contribution in [-0.2, 0) is 26.9 Å². The third-order valence-electron chi connectivity index (χ3n) is 3.26.